The zero-order chi connectivity index (χ0) is 44.2. The van der Waals surface area contributed by atoms with E-state index in [0.29, 0.717) is 30.8 Å². The highest BCUT2D eigenvalue weighted by Gasteiger charge is 2.32. The molecule has 16 heteroatoms. The van der Waals surface area contributed by atoms with Crippen LogP contribution in [0.5, 0.6) is 23.0 Å². The van der Waals surface area contributed by atoms with E-state index in [9.17, 15) is 4.79 Å². The fraction of sp³-hybridized carbons (Fsp3) is 0.260. The van der Waals surface area contributed by atoms with Gasteiger partial charge in [0.25, 0.3) is 0 Å². The zero-order valence-corrected chi connectivity index (χ0v) is 38.7. The average Bonchev–Trinajstić information content (AvgIpc) is 4.06. The van der Waals surface area contributed by atoms with Crippen LogP contribution in [0.4, 0.5) is 16.4 Å². The number of para-hydroxylation sites is 2. The second-order valence-electron chi connectivity index (χ2n) is 17.0. The van der Waals surface area contributed by atoms with Crippen LogP contribution in [-0.2, 0) is 4.74 Å². The number of carbonyl (C=O) groups is 1. The Kier molecular flexibility index (Phi) is 14.7. The maximum atomic E-state index is 12.6. The number of ether oxygens (including phenoxy) is 3. The summed E-state index contributed by atoms with van der Waals surface area (Å²) in [5, 5.41) is 5.15. The Balaban J connectivity index is 0.000000193. The number of aromatic nitrogens is 6. The molecule has 1 atom stereocenters. The van der Waals surface area contributed by atoms with Crippen molar-refractivity contribution in [3.05, 3.63) is 134 Å². The van der Waals surface area contributed by atoms with Crippen LogP contribution in [0.2, 0.25) is 0 Å². The Bertz CT molecular complexity index is 2860. The third-order valence-electron chi connectivity index (χ3n) is 11.5. The Morgan fingerprint density at radius 2 is 1.05 bits per heavy atom. The monoisotopic (exact) mass is 928 g/mol. The average molecular weight is 930 g/mol. The molecule has 2 fully saturated rings. The number of hydrogen-bond donors (Lipinski definition) is 3. The van der Waals surface area contributed by atoms with Crippen molar-refractivity contribution < 1.29 is 19.0 Å². The summed E-state index contributed by atoms with van der Waals surface area (Å²) in [6.45, 7) is 8.84. The highest BCUT2D eigenvalue weighted by molar-refractivity contribution is 6.01. The molecule has 1 unspecified atom stereocenters. The van der Waals surface area contributed by atoms with Gasteiger partial charge in [-0.25, -0.2) is 24.7 Å². The minimum Gasteiger partial charge on any atom is -0.457 e. The summed E-state index contributed by atoms with van der Waals surface area (Å²) in [5.74, 6) is 4.09. The Labute approximate surface area is 396 Å². The quantitative estimate of drug-likeness (QED) is 0.132. The number of piperidine rings is 1. The summed E-state index contributed by atoms with van der Waals surface area (Å²) >= 11 is 0. The molecule has 2 saturated heterocycles. The van der Waals surface area contributed by atoms with Crippen molar-refractivity contribution in [2.75, 3.05) is 37.6 Å². The van der Waals surface area contributed by atoms with Crippen LogP contribution in [0.3, 0.4) is 0 Å². The molecule has 0 aliphatic carbocycles. The van der Waals surface area contributed by atoms with E-state index in [2.05, 4.69) is 58.9 Å². The topological polar surface area (TPSA) is 173 Å². The van der Waals surface area contributed by atoms with E-state index in [1.54, 1.807) is 11.2 Å². The number of carbonyl (C=O) groups excluding carboxylic acids is 1. The normalized spacial score (nSPS) is 15.0. The summed E-state index contributed by atoms with van der Waals surface area (Å²) in [4.78, 5) is 31.9. The molecule has 1 amide bonds. The summed E-state index contributed by atoms with van der Waals surface area (Å²) in [6, 6.07) is 35.9. The van der Waals surface area contributed by atoms with Gasteiger partial charge >= 0.3 is 6.09 Å². The lowest BCUT2D eigenvalue weighted by molar-refractivity contribution is 0.0289. The van der Waals surface area contributed by atoms with Gasteiger partial charge in [0.1, 0.15) is 64.2 Å². The lowest BCUT2D eigenvalue weighted by Gasteiger charge is -2.24. The molecular formula is C50H54Cl2N10O4. The van der Waals surface area contributed by atoms with Crippen molar-refractivity contribution in [2.24, 2.45) is 0 Å². The first kappa shape index (κ1) is 47.1. The zero-order valence-electron chi connectivity index (χ0n) is 37.0. The van der Waals surface area contributed by atoms with E-state index < -0.39 is 5.60 Å². The molecule has 2 aliphatic rings. The van der Waals surface area contributed by atoms with Gasteiger partial charge in [0.15, 0.2) is 0 Å². The lowest BCUT2D eigenvalue weighted by atomic mass is 10.1. The molecular weight excluding hydrogens is 876 g/mol. The third-order valence-corrected chi connectivity index (χ3v) is 11.5. The van der Waals surface area contributed by atoms with Crippen molar-refractivity contribution >= 4 is 64.6 Å². The minimum absolute atomic E-state index is 0. The fourth-order valence-corrected chi connectivity index (χ4v) is 8.41. The number of nitrogen functional groups attached to an aromatic ring is 2. The van der Waals surface area contributed by atoms with Crippen molar-refractivity contribution in [2.45, 2.75) is 57.7 Å². The van der Waals surface area contributed by atoms with Gasteiger partial charge in [0.2, 0.25) is 0 Å². The number of halogens is 2. The number of likely N-dealkylation sites (tertiary alicyclic amines) is 1. The number of nitrogens with two attached hydrogens (primary N) is 2. The molecule has 8 aromatic rings. The van der Waals surface area contributed by atoms with E-state index in [4.69, 9.17) is 25.7 Å². The molecule has 2 aliphatic heterocycles. The van der Waals surface area contributed by atoms with Crippen LogP contribution < -0.4 is 26.3 Å². The number of benzene rings is 4. The molecule has 6 heterocycles. The van der Waals surface area contributed by atoms with Crippen LogP contribution in [-0.4, -0.2) is 71.8 Å². The number of nitrogens with zero attached hydrogens (tertiary/aromatic N) is 7. The van der Waals surface area contributed by atoms with Gasteiger partial charge in [0, 0.05) is 42.7 Å². The molecule has 342 valence electrons. The Morgan fingerprint density at radius 1 is 0.606 bits per heavy atom. The second kappa shape index (κ2) is 20.5. The molecule has 14 nitrogen and oxygen atoms in total. The molecule has 0 saturated carbocycles. The number of hydrogen-bond acceptors (Lipinski definition) is 11. The number of anilines is 2. The number of rotatable bonds is 8. The molecule has 66 heavy (non-hydrogen) atoms. The minimum atomic E-state index is -0.527. The van der Waals surface area contributed by atoms with Crippen LogP contribution in [0.15, 0.2) is 134 Å². The summed E-state index contributed by atoms with van der Waals surface area (Å²) in [7, 11) is 0. The summed E-state index contributed by atoms with van der Waals surface area (Å²) < 4.78 is 21.8. The van der Waals surface area contributed by atoms with Crippen molar-refractivity contribution in [1.82, 2.24) is 39.3 Å². The first-order valence-electron chi connectivity index (χ1n) is 21.7. The van der Waals surface area contributed by atoms with Gasteiger partial charge in [-0.1, -0.05) is 60.7 Å². The molecule has 4 aromatic heterocycles. The lowest BCUT2D eigenvalue weighted by Crippen LogP contribution is -2.35. The molecule has 0 bridgehead atoms. The molecule has 0 spiro atoms. The van der Waals surface area contributed by atoms with Crippen molar-refractivity contribution in [3.8, 4) is 45.3 Å². The van der Waals surface area contributed by atoms with Crippen LogP contribution in [0.1, 0.15) is 52.1 Å². The highest BCUT2D eigenvalue weighted by Crippen LogP contribution is 2.39. The molecule has 0 radical (unpaired) electrons. The van der Waals surface area contributed by atoms with Gasteiger partial charge in [-0.15, -0.1) is 24.8 Å². The fourth-order valence-electron chi connectivity index (χ4n) is 8.41. The standard InChI is InChI=1S/C27H29N5O3.C23H23N5O.2ClH/c1-27(2,3)35-26(33)31-14-13-19(15-31)32-16-22(23-24(28)29-17-30-25(23)32)18-9-11-21(12-10-18)34-20-7-5-4-6-8-20;24-22-21-20(14-28(23(21)27-15-26-22)17-10-12-25-13-11-17)16-6-8-19(9-7-16)29-18-4-2-1-3-5-18;;/h4-12,16-17,19H,13-15H2,1-3H3,(H2,28,29,30);1-9,14-15,17,25H,10-13H2,(H2,24,26,27);2*1H. The van der Waals surface area contributed by atoms with E-state index in [0.717, 1.165) is 99.7 Å². The number of nitrogens with one attached hydrogen (secondary N) is 1. The smallest absolute Gasteiger partial charge is 0.410 e. The van der Waals surface area contributed by atoms with Crippen molar-refractivity contribution in [3.63, 3.8) is 0 Å². The van der Waals surface area contributed by atoms with Gasteiger partial charge in [-0.2, -0.15) is 0 Å². The second-order valence-corrected chi connectivity index (χ2v) is 17.0. The highest BCUT2D eigenvalue weighted by atomic mass is 35.5. The predicted octanol–water partition coefficient (Wildman–Crippen LogP) is 10.9. The van der Waals surface area contributed by atoms with Gasteiger partial charge in [0.05, 0.1) is 16.8 Å². The summed E-state index contributed by atoms with van der Waals surface area (Å²) in [6.07, 6.45) is 9.94. The van der Waals surface area contributed by atoms with Gasteiger partial charge < -0.3 is 45.0 Å². The Morgan fingerprint density at radius 3 is 1.50 bits per heavy atom. The first-order chi connectivity index (χ1) is 31.1. The molecule has 10 rings (SSSR count). The number of fused-ring (bicyclic) bond motifs is 2. The van der Waals surface area contributed by atoms with Gasteiger partial charge in [-0.3, -0.25) is 0 Å². The molecule has 4 aromatic carbocycles. The number of amides is 1. The van der Waals surface area contributed by atoms with Crippen molar-refractivity contribution in [1.29, 1.82) is 0 Å². The van der Waals surface area contributed by atoms with Crippen LogP contribution in [0, 0.1) is 0 Å². The van der Waals surface area contributed by atoms with E-state index in [1.165, 1.54) is 6.33 Å². The largest absolute Gasteiger partial charge is 0.457 e. The van der Waals surface area contributed by atoms with Crippen LogP contribution >= 0.6 is 24.8 Å². The Hall–Kier alpha value is -6.87. The predicted molar refractivity (Wildman–Crippen MR) is 265 cm³/mol. The third kappa shape index (κ3) is 10.5. The van der Waals surface area contributed by atoms with E-state index in [1.807, 2.05) is 118 Å². The molecule has 5 N–H and O–H groups in total. The summed E-state index contributed by atoms with van der Waals surface area (Å²) in [5.41, 5.74) is 17.8. The van der Waals surface area contributed by atoms with Gasteiger partial charge in [-0.05, 0) is 113 Å². The maximum absolute atomic E-state index is 12.6. The maximum Gasteiger partial charge on any atom is 0.410 e. The van der Waals surface area contributed by atoms with E-state index >= 15 is 0 Å². The van der Waals surface area contributed by atoms with Crippen LogP contribution in [0.25, 0.3) is 44.3 Å². The first-order valence-corrected chi connectivity index (χ1v) is 21.7. The SMILES string of the molecule is CC(C)(C)OC(=O)N1CCC(n2cc(-c3ccc(Oc4ccccc4)cc3)c3c(N)ncnc32)C1.Cl.Cl.Nc1ncnc2c1c(-c1ccc(Oc3ccccc3)cc1)cn2C1CCNCC1. The van der Waals surface area contributed by atoms with E-state index in [-0.39, 0.29) is 36.9 Å².